The molecule has 1 aromatic rings. The molecule has 0 aliphatic carbocycles. The van der Waals surface area contributed by atoms with Crippen LogP contribution < -0.4 is 10.7 Å². The molecular formula is C17H24N4O3. The Balaban J connectivity index is 2.23. The average molecular weight is 332 g/mol. The van der Waals surface area contributed by atoms with Gasteiger partial charge in [-0.2, -0.15) is 5.10 Å². The summed E-state index contributed by atoms with van der Waals surface area (Å²) in [5.74, 6) is 0.248. The van der Waals surface area contributed by atoms with Crippen molar-refractivity contribution >= 4 is 23.0 Å². The number of hydrogen-bond acceptors (Lipinski definition) is 5. The first-order valence-electron chi connectivity index (χ1n) is 8.31. The van der Waals surface area contributed by atoms with E-state index in [-0.39, 0.29) is 22.4 Å². The molecular weight excluding hydrogens is 308 g/mol. The molecule has 2 unspecified atom stereocenters. The molecule has 0 saturated heterocycles. The highest BCUT2D eigenvalue weighted by atomic mass is 16.6. The number of carbonyl (C=O) groups excluding carboxylic acids is 1. The Labute approximate surface area is 141 Å². The summed E-state index contributed by atoms with van der Waals surface area (Å²) < 4.78 is 0. The van der Waals surface area contributed by atoms with Crippen LogP contribution in [0.4, 0.5) is 11.4 Å². The molecule has 1 aromatic carbocycles. The molecule has 7 heteroatoms. The summed E-state index contributed by atoms with van der Waals surface area (Å²) in [4.78, 5) is 22.4. The summed E-state index contributed by atoms with van der Waals surface area (Å²) in [6.07, 6.45) is 2.50. The zero-order valence-electron chi connectivity index (χ0n) is 14.3. The minimum absolute atomic E-state index is 0.0306. The number of nitrogens with one attached hydrogen (secondary N) is 2. The van der Waals surface area contributed by atoms with Crippen molar-refractivity contribution in [3.05, 3.63) is 33.9 Å². The molecule has 130 valence electrons. The maximum atomic E-state index is 11.4. The number of rotatable bonds is 7. The predicted molar refractivity (Wildman–Crippen MR) is 94.1 cm³/mol. The summed E-state index contributed by atoms with van der Waals surface area (Å²) in [5.41, 5.74) is 4.32. The molecule has 0 fully saturated rings. The lowest BCUT2D eigenvalue weighted by molar-refractivity contribution is -0.384. The summed E-state index contributed by atoms with van der Waals surface area (Å²) in [6, 6.07) is 5.06. The Morgan fingerprint density at radius 1 is 1.50 bits per heavy atom. The zero-order chi connectivity index (χ0) is 17.7. The second-order valence-electron chi connectivity index (χ2n) is 6.40. The molecule has 7 nitrogen and oxygen atoms in total. The van der Waals surface area contributed by atoms with E-state index in [0.717, 1.165) is 12.8 Å². The number of carbonyl (C=O) groups is 1. The van der Waals surface area contributed by atoms with Crippen LogP contribution >= 0.6 is 0 Å². The van der Waals surface area contributed by atoms with Crippen molar-refractivity contribution in [1.82, 2.24) is 5.43 Å². The first-order chi connectivity index (χ1) is 11.4. The van der Waals surface area contributed by atoms with Crippen LogP contribution in [0.2, 0.25) is 0 Å². The molecule has 0 bridgehead atoms. The quantitative estimate of drug-likeness (QED) is 0.591. The van der Waals surface area contributed by atoms with Crippen molar-refractivity contribution in [1.29, 1.82) is 0 Å². The van der Waals surface area contributed by atoms with E-state index in [1.54, 1.807) is 6.07 Å². The van der Waals surface area contributed by atoms with Crippen molar-refractivity contribution in [3.63, 3.8) is 0 Å². The maximum absolute atomic E-state index is 11.4. The first kappa shape index (κ1) is 17.9. The molecule has 1 amide bonds. The minimum Gasteiger partial charge on any atom is -0.379 e. The van der Waals surface area contributed by atoms with E-state index in [4.69, 9.17) is 0 Å². The van der Waals surface area contributed by atoms with Crippen LogP contribution in [0.1, 0.15) is 45.6 Å². The number of nitro groups is 1. The fourth-order valence-electron chi connectivity index (χ4n) is 2.87. The lowest BCUT2D eigenvalue weighted by Crippen LogP contribution is -2.32. The SMILES string of the molecule is CCCC(C)CNc1ccc(C2=NNC(=O)CC2C)cc1[N+](=O)[O-]. The van der Waals surface area contributed by atoms with Gasteiger partial charge in [-0.25, -0.2) is 5.43 Å². The van der Waals surface area contributed by atoms with Gasteiger partial charge in [0.15, 0.2) is 0 Å². The maximum Gasteiger partial charge on any atom is 0.292 e. The number of hydrazone groups is 1. The lowest BCUT2D eigenvalue weighted by atomic mass is 9.93. The summed E-state index contributed by atoms with van der Waals surface area (Å²) in [5, 5.41) is 18.7. The van der Waals surface area contributed by atoms with E-state index in [9.17, 15) is 14.9 Å². The van der Waals surface area contributed by atoms with Gasteiger partial charge in [-0.05, 0) is 18.4 Å². The number of hydrogen-bond donors (Lipinski definition) is 2. The summed E-state index contributed by atoms with van der Waals surface area (Å²) in [7, 11) is 0. The second-order valence-corrected chi connectivity index (χ2v) is 6.40. The number of nitrogens with zero attached hydrogens (tertiary/aromatic N) is 2. The molecule has 0 aromatic heterocycles. The molecule has 1 heterocycles. The molecule has 24 heavy (non-hydrogen) atoms. The van der Waals surface area contributed by atoms with Crippen LogP contribution in [0.25, 0.3) is 0 Å². The molecule has 0 saturated carbocycles. The van der Waals surface area contributed by atoms with Crippen molar-refractivity contribution in [2.75, 3.05) is 11.9 Å². The molecule has 1 aliphatic heterocycles. The molecule has 1 aliphatic rings. The van der Waals surface area contributed by atoms with Crippen LogP contribution in [0.5, 0.6) is 0 Å². The summed E-state index contributed by atoms with van der Waals surface area (Å²) in [6.45, 7) is 6.83. The smallest absolute Gasteiger partial charge is 0.292 e. The van der Waals surface area contributed by atoms with E-state index < -0.39 is 0 Å². The fraction of sp³-hybridized carbons (Fsp3) is 0.529. The van der Waals surface area contributed by atoms with Crippen molar-refractivity contribution < 1.29 is 9.72 Å². The normalized spacial score (nSPS) is 18.5. The second kappa shape index (κ2) is 7.90. The van der Waals surface area contributed by atoms with Gasteiger partial charge in [0.25, 0.3) is 5.69 Å². The standard InChI is InChI=1S/C17H24N4O3/c1-4-5-11(2)10-18-14-7-6-13(9-15(14)21(23)24)17-12(3)8-16(22)19-20-17/h6-7,9,11-12,18H,4-5,8,10H2,1-3H3,(H,19,22). The number of nitro benzene ring substituents is 1. The Hall–Kier alpha value is -2.44. The minimum atomic E-state index is -0.386. The lowest BCUT2D eigenvalue weighted by Gasteiger charge is -2.19. The van der Waals surface area contributed by atoms with Crippen LogP contribution in [0.3, 0.4) is 0 Å². The first-order valence-corrected chi connectivity index (χ1v) is 8.31. The topological polar surface area (TPSA) is 96.6 Å². The largest absolute Gasteiger partial charge is 0.379 e. The van der Waals surface area contributed by atoms with E-state index in [1.807, 2.05) is 13.0 Å². The van der Waals surface area contributed by atoms with E-state index >= 15 is 0 Å². The third-order valence-electron chi connectivity index (χ3n) is 4.17. The highest BCUT2D eigenvalue weighted by Gasteiger charge is 2.24. The highest BCUT2D eigenvalue weighted by molar-refractivity contribution is 6.06. The van der Waals surface area contributed by atoms with Gasteiger partial charge in [0.1, 0.15) is 5.69 Å². The van der Waals surface area contributed by atoms with E-state index in [2.05, 4.69) is 29.7 Å². The van der Waals surface area contributed by atoms with Gasteiger partial charge >= 0.3 is 0 Å². The van der Waals surface area contributed by atoms with E-state index in [1.165, 1.54) is 6.07 Å². The Morgan fingerprint density at radius 3 is 2.88 bits per heavy atom. The van der Waals surface area contributed by atoms with Crippen molar-refractivity contribution in [2.24, 2.45) is 16.9 Å². The average Bonchev–Trinajstić information content (AvgIpc) is 2.53. The van der Waals surface area contributed by atoms with Crippen molar-refractivity contribution in [3.8, 4) is 0 Å². The van der Waals surface area contributed by atoms with Gasteiger partial charge in [-0.1, -0.05) is 33.3 Å². The van der Waals surface area contributed by atoms with Crippen LogP contribution in [0, 0.1) is 22.0 Å². The monoisotopic (exact) mass is 332 g/mol. The third kappa shape index (κ3) is 4.31. The van der Waals surface area contributed by atoms with Crippen LogP contribution in [-0.2, 0) is 4.79 Å². The Bertz CT molecular complexity index is 657. The molecule has 0 radical (unpaired) electrons. The molecule has 2 rings (SSSR count). The molecule has 0 spiro atoms. The molecule has 2 atom stereocenters. The van der Waals surface area contributed by atoms with Crippen molar-refractivity contribution in [2.45, 2.75) is 40.0 Å². The van der Waals surface area contributed by atoms with Gasteiger partial charge in [-0.15, -0.1) is 0 Å². The number of amides is 1. The number of anilines is 1. The van der Waals surface area contributed by atoms with Crippen LogP contribution in [-0.4, -0.2) is 23.1 Å². The van der Waals surface area contributed by atoms with Crippen LogP contribution in [0.15, 0.2) is 23.3 Å². The summed E-state index contributed by atoms with van der Waals surface area (Å²) >= 11 is 0. The van der Waals surface area contributed by atoms with Gasteiger partial charge in [0, 0.05) is 30.5 Å². The van der Waals surface area contributed by atoms with E-state index in [0.29, 0.717) is 35.8 Å². The highest BCUT2D eigenvalue weighted by Crippen LogP contribution is 2.28. The Morgan fingerprint density at radius 2 is 2.25 bits per heavy atom. The van der Waals surface area contributed by atoms with Gasteiger partial charge < -0.3 is 5.32 Å². The van der Waals surface area contributed by atoms with Gasteiger partial charge in [0.2, 0.25) is 5.91 Å². The predicted octanol–water partition coefficient (Wildman–Crippen LogP) is 3.30. The molecule has 2 N–H and O–H groups in total. The van der Waals surface area contributed by atoms with Gasteiger partial charge in [0.05, 0.1) is 10.6 Å². The third-order valence-corrected chi connectivity index (χ3v) is 4.17. The fourth-order valence-corrected chi connectivity index (χ4v) is 2.87. The Kier molecular flexibility index (Phi) is 5.89. The van der Waals surface area contributed by atoms with Gasteiger partial charge in [-0.3, -0.25) is 14.9 Å². The number of benzene rings is 1. The zero-order valence-corrected chi connectivity index (χ0v) is 14.3.